The molecule has 0 saturated carbocycles. The summed E-state index contributed by atoms with van der Waals surface area (Å²) in [6.45, 7) is -0.129. The minimum Gasteiger partial charge on any atom is -0.459 e. The van der Waals surface area contributed by atoms with Crippen molar-refractivity contribution in [1.29, 1.82) is 0 Å². The maximum atomic E-state index is 7.18. The number of nitrogens with zero attached hydrogens (tertiary/aromatic N) is 2. The van der Waals surface area contributed by atoms with Crippen LogP contribution in [-0.2, 0) is 0 Å². The van der Waals surface area contributed by atoms with E-state index in [0.29, 0.717) is 0 Å². The van der Waals surface area contributed by atoms with Crippen LogP contribution in [0.3, 0.4) is 0 Å². The zero-order chi connectivity index (χ0) is 44.3. The van der Waals surface area contributed by atoms with Crippen molar-refractivity contribution in [3.63, 3.8) is 0 Å². The minimum absolute atomic E-state index is 0.00496. The van der Waals surface area contributed by atoms with E-state index >= 15 is 0 Å². The van der Waals surface area contributed by atoms with E-state index in [1.807, 2.05) is 0 Å². The molecule has 0 amide bonds. The highest BCUT2D eigenvalue weighted by atomic mass is 16.5. The van der Waals surface area contributed by atoms with Gasteiger partial charge in [0.2, 0.25) is 0 Å². The summed E-state index contributed by atoms with van der Waals surface area (Å²) < 4.78 is 14.3. The molecule has 4 nitrogen and oxygen atoms in total. The van der Waals surface area contributed by atoms with Crippen LogP contribution in [0, 0.1) is 11.8 Å². The van der Waals surface area contributed by atoms with Gasteiger partial charge in [-0.05, 0) is 87.6 Å². The van der Waals surface area contributed by atoms with Crippen LogP contribution < -0.4 is 30.2 Å². The Morgan fingerprint density at radius 1 is 0.388 bits per heavy atom. The van der Waals surface area contributed by atoms with Crippen LogP contribution in [0.2, 0.25) is 0 Å². The van der Waals surface area contributed by atoms with Gasteiger partial charge in [-0.25, -0.2) is 0 Å². The second-order valence-corrected chi connectivity index (χ2v) is 17.5. The molecule has 0 N–H and O–H groups in total. The van der Waals surface area contributed by atoms with E-state index in [9.17, 15) is 0 Å². The first-order valence-corrected chi connectivity index (χ1v) is 23.1. The summed E-state index contributed by atoms with van der Waals surface area (Å²) in [5.74, 6) is 3.39. The van der Waals surface area contributed by atoms with Crippen molar-refractivity contribution in [3.8, 4) is 39.5 Å². The smallest absolute Gasteiger partial charge is 0.257 e. The lowest BCUT2D eigenvalue weighted by molar-refractivity contribution is 0.411. The molecule has 4 aliphatic rings. The molecule has 13 rings (SSSR count). The van der Waals surface area contributed by atoms with E-state index in [1.165, 1.54) is 22.2 Å². The highest BCUT2D eigenvalue weighted by Crippen LogP contribution is 2.51. The molecule has 0 spiro atoms. The van der Waals surface area contributed by atoms with E-state index in [2.05, 4.69) is 259 Å². The highest BCUT2D eigenvalue weighted by Gasteiger charge is 2.49. The lowest BCUT2D eigenvalue weighted by Gasteiger charge is -2.44. The van der Waals surface area contributed by atoms with Gasteiger partial charge in [0.25, 0.3) is 6.71 Å². The topological polar surface area (TPSA) is 24.9 Å². The predicted octanol–water partition coefficient (Wildman–Crippen LogP) is 14.6. The number of allylic oxidation sites excluding steroid dienone is 6. The van der Waals surface area contributed by atoms with Gasteiger partial charge in [-0.3, -0.25) is 0 Å². The van der Waals surface area contributed by atoms with E-state index in [4.69, 9.17) is 9.47 Å². The molecule has 316 valence electrons. The maximum absolute atomic E-state index is 7.18. The summed E-state index contributed by atoms with van der Waals surface area (Å²) in [6, 6.07) is 77.7. The van der Waals surface area contributed by atoms with Gasteiger partial charge in [-0.15, -0.1) is 0 Å². The molecule has 0 radical (unpaired) electrons. The molecule has 2 unspecified atom stereocenters. The molecular formula is C62H43BN2O2. The third kappa shape index (κ3) is 6.54. The Balaban J connectivity index is 1.02. The van der Waals surface area contributed by atoms with Gasteiger partial charge in [-0.2, -0.15) is 0 Å². The summed E-state index contributed by atoms with van der Waals surface area (Å²) in [5, 5.41) is 2.30. The Kier molecular flexibility index (Phi) is 9.38. The average Bonchev–Trinajstić information content (AvgIpc) is 3.40. The van der Waals surface area contributed by atoms with Crippen molar-refractivity contribution in [2.75, 3.05) is 9.80 Å². The number of anilines is 5. The first-order chi connectivity index (χ1) is 33.3. The Morgan fingerprint density at radius 2 is 0.940 bits per heavy atom. The van der Waals surface area contributed by atoms with E-state index in [1.54, 1.807) is 0 Å². The summed E-state index contributed by atoms with van der Waals surface area (Å²) in [4.78, 5) is 4.82. The van der Waals surface area contributed by atoms with Crippen LogP contribution in [0.1, 0.15) is 0 Å². The summed E-state index contributed by atoms with van der Waals surface area (Å²) in [7, 11) is 0. The zero-order valence-corrected chi connectivity index (χ0v) is 36.6. The molecule has 0 aromatic heterocycles. The molecule has 2 atom stereocenters. The monoisotopic (exact) mass is 858 g/mol. The molecule has 9 aromatic rings. The largest absolute Gasteiger partial charge is 0.459 e. The van der Waals surface area contributed by atoms with Crippen molar-refractivity contribution in [2.24, 2.45) is 11.8 Å². The first kappa shape index (κ1) is 38.9. The zero-order valence-electron chi connectivity index (χ0n) is 36.6. The van der Waals surface area contributed by atoms with Crippen LogP contribution in [0.15, 0.2) is 266 Å². The Morgan fingerprint density at radius 3 is 1.66 bits per heavy atom. The molecule has 0 bridgehead atoms. The van der Waals surface area contributed by atoms with Gasteiger partial charge in [0, 0.05) is 63.1 Å². The summed E-state index contributed by atoms with van der Waals surface area (Å²) >= 11 is 0. The number of rotatable bonds is 8. The van der Waals surface area contributed by atoms with Crippen LogP contribution >= 0.6 is 0 Å². The summed E-state index contributed by atoms with van der Waals surface area (Å²) in [5.41, 5.74) is 14.7. The van der Waals surface area contributed by atoms with Gasteiger partial charge in [0.05, 0.1) is 11.4 Å². The number of fused-ring (bicyclic) bond motifs is 7. The third-order valence-electron chi connectivity index (χ3n) is 13.8. The van der Waals surface area contributed by atoms with E-state index < -0.39 is 0 Å². The van der Waals surface area contributed by atoms with Crippen molar-refractivity contribution in [1.82, 2.24) is 0 Å². The van der Waals surface area contributed by atoms with Crippen LogP contribution in [-0.4, -0.2) is 6.71 Å². The lowest BCUT2D eigenvalue weighted by Crippen LogP contribution is -2.54. The SMILES string of the molecule is C1=CC2C(N(c3ccccc3)c3ccccc3-c3ccccc3)=CC3=C(B4c5c(cccc5Oc5cc(N(c6ccccc6)c6ccc(-c7ccccc7)cc6)c6ccccc6c54)O3)C2C=C1. The van der Waals surface area contributed by atoms with Gasteiger partial charge in [0.15, 0.2) is 0 Å². The van der Waals surface area contributed by atoms with Crippen LogP contribution in [0.25, 0.3) is 33.0 Å². The fourth-order valence-electron chi connectivity index (χ4n) is 10.9. The van der Waals surface area contributed by atoms with Gasteiger partial charge >= 0.3 is 0 Å². The van der Waals surface area contributed by atoms with Gasteiger partial charge in [0.1, 0.15) is 23.0 Å². The molecule has 2 aliphatic heterocycles. The Bertz CT molecular complexity index is 3470. The molecule has 0 saturated heterocycles. The molecule has 2 aliphatic carbocycles. The predicted molar refractivity (Wildman–Crippen MR) is 277 cm³/mol. The molecule has 0 fully saturated rings. The number of hydrogen-bond donors (Lipinski definition) is 0. The molecule has 2 heterocycles. The van der Waals surface area contributed by atoms with Crippen LogP contribution in [0.4, 0.5) is 28.4 Å². The van der Waals surface area contributed by atoms with Crippen molar-refractivity contribution in [3.05, 3.63) is 266 Å². The van der Waals surface area contributed by atoms with E-state index in [-0.39, 0.29) is 18.5 Å². The van der Waals surface area contributed by atoms with Gasteiger partial charge in [-0.1, -0.05) is 182 Å². The maximum Gasteiger partial charge on any atom is 0.257 e. The quantitative estimate of drug-likeness (QED) is 0.142. The Labute approximate surface area is 391 Å². The number of ether oxygens (including phenoxy) is 2. The number of hydrogen-bond acceptors (Lipinski definition) is 4. The van der Waals surface area contributed by atoms with Gasteiger partial charge < -0.3 is 19.3 Å². The van der Waals surface area contributed by atoms with Crippen molar-refractivity contribution >= 4 is 56.8 Å². The normalized spacial score (nSPS) is 16.2. The average molecular weight is 859 g/mol. The minimum atomic E-state index is -0.129. The number of para-hydroxylation sites is 3. The standard InChI is InChI=1S/C62H43BN2O2/c1-5-20-42(21-6-1)43-36-38-47(39-37-43)64(45-24-9-3-10-25-45)54-40-58-60(51-31-15-13-29-49(51)54)63-61-52-32-16-14-30-50(52)55(41-59(61)67-57-35-19-34-56(66-58)62(57)63)65(46-26-11-4-12-27-46)53-33-18-17-28-48(53)44-22-7-2-8-23-44/h1-41,50,52H. The fourth-order valence-corrected chi connectivity index (χ4v) is 10.9. The van der Waals surface area contributed by atoms with Crippen molar-refractivity contribution < 1.29 is 9.47 Å². The highest BCUT2D eigenvalue weighted by molar-refractivity contribution is 6.95. The molecule has 5 heteroatoms. The van der Waals surface area contributed by atoms with Crippen LogP contribution in [0.5, 0.6) is 17.2 Å². The molecular weight excluding hydrogens is 816 g/mol. The lowest BCUT2D eigenvalue weighted by atomic mass is 9.31. The summed E-state index contributed by atoms with van der Waals surface area (Å²) in [6.07, 6.45) is 11.5. The van der Waals surface area contributed by atoms with Crippen molar-refractivity contribution in [2.45, 2.75) is 0 Å². The molecule has 67 heavy (non-hydrogen) atoms. The fraction of sp³-hybridized carbons (Fsp3) is 0.0323. The second-order valence-electron chi connectivity index (χ2n) is 17.5. The first-order valence-electron chi connectivity index (χ1n) is 23.1. The van der Waals surface area contributed by atoms with E-state index in [0.717, 1.165) is 84.4 Å². The Hall–Kier alpha value is -8.54. The third-order valence-corrected chi connectivity index (χ3v) is 13.8. The second kappa shape index (κ2) is 16.2. The molecule has 9 aromatic carbocycles. The number of benzene rings is 9.